The fourth-order valence-corrected chi connectivity index (χ4v) is 3.21. The first kappa shape index (κ1) is 26.0. The molecule has 0 saturated heterocycles. The number of aliphatic hydroxyl groups is 1. The zero-order valence-electron chi connectivity index (χ0n) is 18.6. The van der Waals surface area contributed by atoms with Gasteiger partial charge in [0.1, 0.15) is 18.5 Å². The molecule has 0 aromatic heterocycles. The number of nitriles is 1. The highest BCUT2D eigenvalue weighted by molar-refractivity contribution is 7.81. The van der Waals surface area contributed by atoms with Crippen molar-refractivity contribution in [2.75, 3.05) is 30.9 Å². The minimum absolute atomic E-state index is 0.0226. The van der Waals surface area contributed by atoms with Gasteiger partial charge in [0.25, 0.3) is 0 Å². The lowest BCUT2D eigenvalue weighted by atomic mass is 9.79. The summed E-state index contributed by atoms with van der Waals surface area (Å²) in [5.41, 5.74) is 0.908. The van der Waals surface area contributed by atoms with E-state index in [0.29, 0.717) is 29.0 Å². The van der Waals surface area contributed by atoms with Gasteiger partial charge in [0, 0.05) is 16.7 Å². The molecule has 176 valence electrons. The third-order valence-corrected chi connectivity index (χ3v) is 5.14. The van der Waals surface area contributed by atoms with E-state index in [0.717, 1.165) is 0 Å². The van der Waals surface area contributed by atoms with Crippen LogP contribution >= 0.6 is 12.6 Å². The number of aliphatic hydroxyl groups excluding tert-OH is 1. The van der Waals surface area contributed by atoms with Crippen molar-refractivity contribution in [3.63, 3.8) is 0 Å². The topological polar surface area (TPSA) is 118 Å². The number of nitrogens with zero attached hydrogens (tertiary/aromatic N) is 1. The van der Waals surface area contributed by atoms with E-state index >= 15 is 0 Å². The van der Waals surface area contributed by atoms with E-state index in [4.69, 9.17) is 24.6 Å². The number of rotatable bonds is 11. The van der Waals surface area contributed by atoms with Crippen molar-refractivity contribution in [3.05, 3.63) is 59.7 Å². The van der Waals surface area contributed by atoms with Gasteiger partial charge in [0.2, 0.25) is 0 Å². The number of para-hydroxylation sites is 1. The Kier molecular flexibility index (Phi) is 10.0. The Morgan fingerprint density at radius 3 is 2.48 bits per heavy atom. The zero-order chi connectivity index (χ0) is 24.3. The first-order chi connectivity index (χ1) is 15.8. The maximum Gasteiger partial charge on any atom is 0.412 e. The van der Waals surface area contributed by atoms with Crippen LogP contribution in [0.4, 0.5) is 10.5 Å². The number of esters is 1. The molecule has 2 aromatic carbocycles. The molecule has 33 heavy (non-hydrogen) atoms. The highest BCUT2D eigenvalue weighted by Gasteiger charge is 2.36. The number of anilines is 1. The molecule has 9 heteroatoms. The number of carbonyl (C=O) groups excluding carboxylic acids is 2. The molecule has 1 amide bonds. The Labute approximate surface area is 198 Å². The SMILES string of the molecule is CC(C)(CCOC(=O)CS)[C@H](OC(=O)Nc1ccc(C#N)cc1)c1ccccc1OCCO. The molecule has 2 N–H and O–H groups in total. The number of ether oxygens (including phenoxy) is 3. The number of benzene rings is 2. The summed E-state index contributed by atoms with van der Waals surface area (Å²) in [4.78, 5) is 24.3. The number of hydrogen-bond donors (Lipinski definition) is 3. The fraction of sp³-hybridized carbons (Fsp3) is 0.375. The Morgan fingerprint density at radius 2 is 1.85 bits per heavy atom. The van der Waals surface area contributed by atoms with Gasteiger partial charge in [-0.25, -0.2) is 4.79 Å². The average molecular weight is 473 g/mol. The van der Waals surface area contributed by atoms with Crippen molar-refractivity contribution in [1.29, 1.82) is 5.26 Å². The van der Waals surface area contributed by atoms with E-state index in [1.54, 1.807) is 48.5 Å². The summed E-state index contributed by atoms with van der Waals surface area (Å²) >= 11 is 3.90. The van der Waals surface area contributed by atoms with Crippen molar-refractivity contribution in [2.45, 2.75) is 26.4 Å². The summed E-state index contributed by atoms with van der Waals surface area (Å²) in [5, 5.41) is 20.8. The molecule has 0 spiro atoms. The lowest BCUT2D eigenvalue weighted by Crippen LogP contribution is -2.31. The number of hydrogen-bond acceptors (Lipinski definition) is 8. The Bertz CT molecular complexity index is 972. The van der Waals surface area contributed by atoms with Crippen LogP contribution in [0.5, 0.6) is 5.75 Å². The molecule has 1 atom stereocenters. The molecule has 0 aliphatic carbocycles. The maximum atomic E-state index is 12.8. The molecule has 0 aliphatic rings. The normalized spacial score (nSPS) is 11.7. The summed E-state index contributed by atoms with van der Waals surface area (Å²) in [5.74, 6) is 0.0190. The summed E-state index contributed by atoms with van der Waals surface area (Å²) < 4.78 is 16.7. The standard InChI is InChI=1S/C24H28N2O6S/c1-24(2,11-13-31-21(28)16-33)22(19-5-3-4-6-20(19)30-14-12-27)32-23(29)26-18-9-7-17(15-25)8-10-18/h3-10,22,27,33H,11-14,16H2,1-2H3,(H,26,29)/t22-/m1/s1. The molecular weight excluding hydrogens is 444 g/mol. The van der Waals surface area contributed by atoms with Crippen molar-refractivity contribution in [2.24, 2.45) is 5.41 Å². The molecule has 0 unspecified atom stereocenters. The minimum Gasteiger partial charge on any atom is -0.491 e. The number of thiol groups is 1. The minimum atomic E-state index is -0.763. The third kappa shape index (κ3) is 8.00. The van der Waals surface area contributed by atoms with Crippen LogP contribution in [-0.4, -0.2) is 42.7 Å². The number of nitrogens with one attached hydrogen (secondary N) is 1. The largest absolute Gasteiger partial charge is 0.491 e. The van der Waals surface area contributed by atoms with E-state index in [1.807, 2.05) is 19.9 Å². The Morgan fingerprint density at radius 1 is 1.15 bits per heavy atom. The number of carbonyl (C=O) groups is 2. The third-order valence-electron chi connectivity index (χ3n) is 4.88. The van der Waals surface area contributed by atoms with Crippen molar-refractivity contribution in [3.8, 4) is 11.8 Å². The van der Waals surface area contributed by atoms with Gasteiger partial charge in [-0.2, -0.15) is 17.9 Å². The number of amides is 1. The molecule has 0 saturated carbocycles. The molecule has 8 nitrogen and oxygen atoms in total. The van der Waals surface area contributed by atoms with Crippen molar-refractivity contribution >= 4 is 30.4 Å². The second-order valence-corrected chi connectivity index (χ2v) is 8.14. The van der Waals surface area contributed by atoms with E-state index < -0.39 is 23.6 Å². The average Bonchev–Trinajstić information content (AvgIpc) is 2.81. The van der Waals surface area contributed by atoms with Crippen LogP contribution in [0.25, 0.3) is 0 Å². The molecular formula is C24H28N2O6S. The van der Waals surface area contributed by atoms with Crippen molar-refractivity contribution in [1.82, 2.24) is 0 Å². The predicted octanol–water partition coefficient (Wildman–Crippen LogP) is 4.11. The van der Waals surface area contributed by atoms with Crippen LogP contribution < -0.4 is 10.1 Å². The van der Waals surface area contributed by atoms with Gasteiger partial charge < -0.3 is 19.3 Å². The molecule has 0 aliphatic heterocycles. The van der Waals surface area contributed by atoms with E-state index in [9.17, 15) is 9.59 Å². The van der Waals surface area contributed by atoms with Crippen molar-refractivity contribution < 1.29 is 28.9 Å². The summed E-state index contributed by atoms with van der Waals surface area (Å²) in [6, 6.07) is 15.5. The van der Waals surface area contributed by atoms with Gasteiger partial charge in [-0.3, -0.25) is 10.1 Å². The van der Waals surface area contributed by atoms with Gasteiger partial charge in [-0.05, 0) is 36.8 Å². The van der Waals surface area contributed by atoms with Gasteiger partial charge in [0.15, 0.2) is 0 Å². The first-order valence-electron chi connectivity index (χ1n) is 10.4. The van der Waals surface area contributed by atoms with Gasteiger partial charge in [-0.15, -0.1) is 0 Å². The zero-order valence-corrected chi connectivity index (χ0v) is 19.5. The highest BCUT2D eigenvalue weighted by Crippen LogP contribution is 2.43. The highest BCUT2D eigenvalue weighted by atomic mass is 32.1. The summed E-state index contributed by atoms with van der Waals surface area (Å²) in [7, 11) is 0. The second-order valence-electron chi connectivity index (χ2n) is 7.83. The molecule has 2 rings (SSSR count). The van der Waals surface area contributed by atoms with Crippen LogP contribution in [0.3, 0.4) is 0 Å². The van der Waals surface area contributed by atoms with Gasteiger partial charge in [-0.1, -0.05) is 32.0 Å². The summed E-state index contributed by atoms with van der Waals surface area (Å²) in [6.45, 7) is 3.83. The van der Waals surface area contributed by atoms with Gasteiger partial charge in [0.05, 0.1) is 30.6 Å². The van der Waals surface area contributed by atoms with Gasteiger partial charge >= 0.3 is 12.1 Å². The van der Waals surface area contributed by atoms with Crippen LogP contribution in [0.15, 0.2) is 48.5 Å². The lowest BCUT2D eigenvalue weighted by Gasteiger charge is -2.34. The van der Waals surface area contributed by atoms with Crippen LogP contribution in [0, 0.1) is 16.7 Å². The van der Waals surface area contributed by atoms with Crippen LogP contribution in [0.2, 0.25) is 0 Å². The first-order valence-corrected chi connectivity index (χ1v) is 11.0. The molecule has 2 aromatic rings. The maximum absolute atomic E-state index is 12.8. The van der Waals surface area contributed by atoms with E-state index in [2.05, 4.69) is 17.9 Å². The molecule has 0 bridgehead atoms. The molecule has 0 fully saturated rings. The van der Waals surface area contributed by atoms with E-state index in [-0.39, 0.29) is 25.6 Å². The smallest absolute Gasteiger partial charge is 0.412 e. The quantitative estimate of drug-likeness (QED) is 0.333. The predicted molar refractivity (Wildman–Crippen MR) is 126 cm³/mol. The fourth-order valence-electron chi connectivity index (χ4n) is 3.12. The van der Waals surface area contributed by atoms with Crippen LogP contribution in [-0.2, 0) is 14.3 Å². The second kappa shape index (κ2) is 12.7. The van der Waals surface area contributed by atoms with E-state index in [1.165, 1.54) is 0 Å². The summed E-state index contributed by atoms with van der Waals surface area (Å²) in [6.07, 6.45) is -1.06. The molecule has 0 radical (unpaired) electrons. The lowest BCUT2D eigenvalue weighted by molar-refractivity contribution is -0.141. The Balaban J connectivity index is 2.27. The Hall–Kier alpha value is -3.22. The monoisotopic (exact) mass is 472 g/mol. The van der Waals surface area contributed by atoms with Crippen LogP contribution in [0.1, 0.15) is 37.5 Å². The molecule has 0 heterocycles.